The number of nitrogens with one attached hydrogen (secondary N) is 1. The summed E-state index contributed by atoms with van der Waals surface area (Å²) in [5.41, 5.74) is 2.18. The Hall–Kier alpha value is -3.79. The molecular weight excluding hydrogens is 470 g/mol. The summed E-state index contributed by atoms with van der Waals surface area (Å²) in [5, 5.41) is 11.3. The number of amides is 1. The zero-order valence-corrected chi connectivity index (χ0v) is 21.2. The van der Waals surface area contributed by atoms with Crippen LogP contribution in [-0.2, 0) is 15.4 Å². The molecule has 0 unspecified atom stereocenters. The fourth-order valence-electron chi connectivity index (χ4n) is 3.60. The number of nitro groups is 1. The Morgan fingerprint density at radius 2 is 1.63 bits per heavy atom. The first kappa shape index (κ1) is 25.8. The van der Waals surface area contributed by atoms with Gasteiger partial charge in [-0.3, -0.25) is 14.9 Å². The number of aromatic nitrogens is 1. The van der Waals surface area contributed by atoms with Crippen LogP contribution in [0, 0.1) is 30.9 Å². The number of carbonyl (C=O) groups is 1. The molecule has 0 saturated heterocycles. The minimum absolute atomic E-state index is 0.0669. The molecule has 184 valence electrons. The smallest absolute Gasteiger partial charge is 0.289 e. The maximum atomic E-state index is 13.1. The van der Waals surface area contributed by atoms with Gasteiger partial charge in [0.15, 0.2) is 4.90 Å². The standard InChI is InChI=1S/C25H27N3O6S/c1-15-13-16(2)22(17(3)14-15)34-24-18(11-12-21(26-24)25(4,5)6)23(29)27-35(32,33)20-10-8-7-9-19(20)28(30)31/h7-14H,1-6H3,(H,27,29). The average molecular weight is 498 g/mol. The Kier molecular flexibility index (Phi) is 6.98. The van der Waals surface area contributed by atoms with Crippen LogP contribution in [-0.4, -0.2) is 24.2 Å². The highest BCUT2D eigenvalue weighted by molar-refractivity contribution is 7.90. The molecule has 0 aliphatic carbocycles. The Balaban J connectivity index is 2.08. The Morgan fingerprint density at radius 1 is 1.03 bits per heavy atom. The molecule has 0 aliphatic heterocycles. The van der Waals surface area contributed by atoms with Crippen molar-refractivity contribution in [2.24, 2.45) is 0 Å². The quantitative estimate of drug-likeness (QED) is 0.369. The van der Waals surface area contributed by atoms with Crippen LogP contribution in [0.4, 0.5) is 5.69 Å². The fourth-order valence-corrected chi connectivity index (χ4v) is 4.74. The van der Waals surface area contributed by atoms with E-state index in [2.05, 4.69) is 4.98 Å². The number of hydrogen-bond acceptors (Lipinski definition) is 7. The number of sulfonamides is 1. The zero-order valence-electron chi connectivity index (χ0n) is 20.4. The second-order valence-electron chi connectivity index (χ2n) is 9.29. The van der Waals surface area contributed by atoms with Crippen LogP contribution < -0.4 is 9.46 Å². The van der Waals surface area contributed by atoms with Crippen LogP contribution in [0.3, 0.4) is 0 Å². The van der Waals surface area contributed by atoms with Gasteiger partial charge in [-0.15, -0.1) is 0 Å². The number of nitrogens with zero attached hydrogens (tertiary/aromatic N) is 2. The van der Waals surface area contributed by atoms with Gasteiger partial charge in [-0.25, -0.2) is 18.1 Å². The lowest BCUT2D eigenvalue weighted by Crippen LogP contribution is -2.31. The minimum atomic E-state index is -4.56. The van der Waals surface area contributed by atoms with Crippen molar-refractivity contribution in [1.82, 2.24) is 9.71 Å². The number of para-hydroxylation sites is 1. The molecule has 2 aromatic carbocycles. The molecule has 1 amide bonds. The third-order valence-electron chi connectivity index (χ3n) is 5.26. The highest BCUT2D eigenvalue weighted by Crippen LogP contribution is 2.33. The molecular formula is C25H27N3O6S. The molecule has 0 spiro atoms. The topological polar surface area (TPSA) is 128 Å². The van der Waals surface area contributed by atoms with Gasteiger partial charge in [-0.1, -0.05) is 50.6 Å². The fraction of sp³-hybridized carbons (Fsp3) is 0.280. The summed E-state index contributed by atoms with van der Waals surface area (Å²) in [7, 11) is -4.56. The van der Waals surface area contributed by atoms with Gasteiger partial charge >= 0.3 is 0 Å². The third kappa shape index (κ3) is 5.65. The Morgan fingerprint density at radius 3 is 2.20 bits per heavy atom. The molecule has 10 heteroatoms. The van der Waals surface area contributed by atoms with E-state index in [9.17, 15) is 23.3 Å². The van der Waals surface area contributed by atoms with Gasteiger partial charge in [0.1, 0.15) is 11.3 Å². The number of hydrogen-bond donors (Lipinski definition) is 1. The normalized spacial score (nSPS) is 11.7. The highest BCUT2D eigenvalue weighted by atomic mass is 32.2. The number of pyridine rings is 1. The highest BCUT2D eigenvalue weighted by Gasteiger charge is 2.29. The van der Waals surface area contributed by atoms with E-state index in [1.54, 1.807) is 6.07 Å². The molecule has 9 nitrogen and oxygen atoms in total. The molecule has 0 aliphatic rings. The first-order chi connectivity index (χ1) is 16.2. The molecule has 3 aromatic rings. The predicted octanol–water partition coefficient (Wildman–Crippen LogP) is 5.12. The van der Waals surface area contributed by atoms with Gasteiger partial charge in [0, 0.05) is 17.2 Å². The average Bonchev–Trinajstić information content (AvgIpc) is 2.75. The molecule has 35 heavy (non-hydrogen) atoms. The summed E-state index contributed by atoms with van der Waals surface area (Å²) < 4.78 is 33.8. The van der Waals surface area contributed by atoms with E-state index in [1.165, 1.54) is 18.2 Å². The molecule has 0 saturated carbocycles. The van der Waals surface area contributed by atoms with E-state index in [0.29, 0.717) is 11.4 Å². The molecule has 0 bridgehead atoms. The van der Waals surface area contributed by atoms with Crippen LogP contribution in [0.25, 0.3) is 0 Å². The van der Waals surface area contributed by atoms with E-state index in [0.717, 1.165) is 28.8 Å². The summed E-state index contributed by atoms with van der Waals surface area (Å²) in [6.45, 7) is 11.5. The molecule has 1 N–H and O–H groups in total. The summed E-state index contributed by atoms with van der Waals surface area (Å²) >= 11 is 0. The summed E-state index contributed by atoms with van der Waals surface area (Å²) in [6.07, 6.45) is 0. The van der Waals surface area contributed by atoms with Crippen LogP contribution in [0.1, 0.15) is 53.5 Å². The molecule has 0 atom stereocenters. The monoisotopic (exact) mass is 497 g/mol. The lowest BCUT2D eigenvalue weighted by Gasteiger charge is -2.21. The van der Waals surface area contributed by atoms with Gasteiger partial charge in [0.2, 0.25) is 5.88 Å². The van der Waals surface area contributed by atoms with Crippen LogP contribution in [0.5, 0.6) is 11.6 Å². The van der Waals surface area contributed by atoms with Gasteiger partial charge in [0.05, 0.1) is 4.92 Å². The van der Waals surface area contributed by atoms with Crippen molar-refractivity contribution in [2.75, 3.05) is 0 Å². The first-order valence-electron chi connectivity index (χ1n) is 10.8. The van der Waals surface area contributed by atoms with Gasteiger partial charge in [-0.2, -0.15) is 0 Å². The van der Waals surface area contributed by atoms with E-state index in [4.69, 9.17) is 4.74 Å². The summed E-state index contributed by atoms with van der Waals surface area (Å²) in [4.78, 5) is 27.5. The largest absolute Gasteiger partial charge is 0.438 e. The zero-order chi connectivity index (χ0) is 26.1. The van der Waals surface area contributed by atoms with Gasteiger partial charge in [-0.05, 0) is 50.1 Å². The van der Waals surface area contributed by atoms with Crippen molar-refractivity contribution >= 4 is 21.6 Å². The molecule has 1 heterocycles. The maximum absolute atomic E-state index is 13.1. The first-order valence-corrected chi connectivity index (χ1v) is 12.3. The van der Waals surface area contributed by atoms with E-state index in [1.807, 2.05) is 58.4 Å². The number of aryl methyl sites for hydroxylation is 3. The number of ether oxygens (including phenoxy) is 1. The van der Waals surface area contributed by atoms with Crippen LogP contribution in [0.2, 0.25) is 0 Å². The van der Waals surface area contributed by atoms with Crippen molar-refractivity contribution in [3.8, 4) is 11.6 Å². The van der Waals surface area contributed by atoms with Crippen molar-refractivity contribution in [3.63, 3.8) is 0 Å². The van der Waals surface area contributed by atoms with Crippen LogP contribution in [0.15, 0.2) is 53.4 Å². The SMILES string of the molecule is Cc1cc(C)c(Oc2nc(C(C)(C)C)ccc2C(=O)NS(=O)(=O)c2ccccc2[N+](=O)[O-])c(C)c1. The van der Waals surface area contributed by atoms with E-state index in [-0.39, 0.29) is 16.9 Å². The number of nitro benzene ring substituents is 1. The van der Waals surface area contributed by atoms with E-state index < -0.39 is 31.4 Å². The number of carbonyl (C=O) groups excluding carboxylic acids is 1. The summed E-state index contributed by atoms with van der Waals surface area (Å²) in [5.74, 6) is -0.582. The second-order valence-corrected chi connectivity index (χ2v) is 10.9. The third-order valence-corrected chi connectivity index (χ3v) is 6.63. The maximum Gasteiger partial charge on any atom is 0.289 e. The second kappa shape index (κ2) is 9.46. The van der Waals surface area contributed by atoms with Gasteiger partial charge in [0.25, 0.3) is 21.6 Å². The lowest BCUT2D eigenvalue weighted by molar-refractivity contribution is -0.387. The van der Waals surface area contributed by atoms with Crippen molar-refractivity contribution in [2.45, 2.75) is 51.9 Å². The van der Waals surface area contributed by atoms with E-state index >= 15 is 0 Å². The summed E-state index contributed by atoms with van der Waals surface area (Å²) in [6, 6.07) is 11.7. The predicted molar refractivity (Wildman–Crippen MR) is 131 cm³/mol. The molecule has 0 fully saturated rings. The van der Waals surface area contributed by atoms with Gasteiger partial charge < -0.3 is 4.74 Å². The number of rotatable bonds is 6. The minimum Gasteiger partial charge on any atom is -0.438 e. The molecule has 0 radical (unpaired) electrons. The van der Waals surface area contributed by atoms with Crippen molar-refractivity contribution in [3.05, 3.63) is 86.6 Å². The van der Waals surface area contributed by atoms with Crippen LogP contribution >= 0.6 is 0 Å². The Labute approximate surface area is 204 Å². The number of benzene rings is 2. The van der Waals surface area contributed by atoms with Crippen molar-refractivity contribution in [1.29, 1.82) is 0 Å². The molecule has 3 rings (SSSR count). The molecule has 1 aromatic heterocycles. The van der Waals surface area contributed by atoms with Crippen molar-refractivity contribution < 1.29 is 22.9 Å². The lowest BCUT2D eigenvalue weighted by atomic mass is 9.91. The Bertz CT molecular complexity index is 1400.